The predicted molar refractivity (Wildman–Crippen MR) is 115 cm³/mol. The highest BCUT2D eigenvalue weighted by Crippen LogP contribution is 2.10. The summed E-state index contributed by atoms with van der Waals surface area (Å²) in [6.07, 6.45) is -1.11. The van der Waals surface area contributed by atoms with E-state index in [0.717, 1.165) is 0 Å². The van der Waals surface area contributed by atoms with Crippen molar-refractivity contribution in [3.8, 4) is 0 Å². The minimum absolute atomic E-state index is 0.156. The Balaban J connectivity index is 5.54. The average Bonchev–Trinajstić information content (AvgIpc) is 2.70. The van der Waals surface area contributed by atoms with Gasteiger partial charge >= 0.3 is 5.97 Å². The Kier molecular flexibility index (Phi) is 12.8. The Labute approximate surface area is 186 Å². The van der Waals surface area contributed by atoms with Gasteiger partial charge < -0.3 is 37.6 Å². The number of thiol groups is 1. The number of nitrogens with two attached hydrogens (primary N) is 2. The zero-order chi connectivity index (χ0) is 24.3. The minimum Gasteiger partial charge on any atom is -0.480 e. The Morgan fingerprint density at radius 2 is 1.52 bits per heavy atom. The standard InChI is InChI=1S/C18H33N5O7S/c1-4-8(2)14(17(28)22-11(7-31)18(29)30)23-15(26)10(5-6-12(19)25)21-16(27)13(20)9(3)24/h8-11,13-14,24,31H,4-7,20H2,1-3H3,(H2,19,25)(H,21,27)(H,22,28)(H,23,26)(H,29,30). The number of carbonyl (C=O) groups excluding carboxylic acids is 4. The van der Waals surface area contributed by atoms with Crippen molar-refractivity contribution in [2.75, 3.05) is 5.75 Å². The molecule has 0 rings (SSSR count). The van der Waals surface area contributed by atoms with Gasteiger partial charge in [-0.3, -0.25) is 19.2 Å². The summed E-state index contributed by atoms with van der Waals surface area (Å²) >= 11 is 3.89. The summed E-state index contributed by atoms with van der Waals surface area (Å²) in [5.41, 5.74) is 10.7. The number of aliphatic hydroxyl groups excluding tert-OH is 1. The first-order valence-corrected chi connectivity index (χ1v) is 10.5. The first-order valence-electron chi connectivity index (χ1n) is 9.82. The lowest BCUT2D eigenvalue weighted by molar-refractivity contribution is -0.142. The number of hydrogen-bond acceptors (Lipinski definition) is 8. The van der Waals surface area contributed by atoms with E-state index in [-0.39, 0.29) is 24.5 Å². The van der Waals surface area contributed by atoms with E-state index in [1.165, 1.54) is 6.92 Å². The second-order valence-electron chi connectivity index (χ2n) is 7.29. The summed E-state index contributed by atoms with van der Waals surface area (Å²) in [6.45, 7) is 4.76. The van der Waals surface area contributed by atoms with Gasteiger partial charge in [-0.25, -0.2) is 4.79 Å². The summed E-state index contributed by atoms with van der Waals surface area (Å²) in [5.74, 6) is -4.87. The molecule has 0 fully saturated rings. The molecule has 0 aliphatic heterocycles. The average molecular weight is 464 g/mol. The Bertz CT molecular complexity index is 661. The molecule has 0 spiro atoms. The van der Waals surface area contributed by atoms with E-state index in [2.05, 4.69) is 28.6 Å². The van der Waals surface area contributed by atoms with Gasteiger partial charge in [0.1, 0.15) is 24.2 Å². The third-order valence-corrected chi connectivity index (χ3v) is 5.09. The van der Waals surface area contributed by atoms with Crippen LogP contribution in [-0.4, -0.2) is 75.8 Å². The lowest BCUT2D eigenvalue weighted by Crippen LogP contribution is -2.59. The number of carbonyl (C=O) groups is 5. The molecule has 0 saturated carbocycles. The smallest absolute Gasteiger partial charge is 0.327 e. The van der Waals surface area contributed by atoms with E-state index < -0.39 is 59.9 Å². The number of nitrogens with one attached hydrogen (secondary N) is 3. The molecule has 0 radical (unpaired) electrons. The molecular formula is C18H33N5O7S. The van der Waals surface area contributed by atoms with Crippen molar-refractivity contribution in [1.82, 2.24) is 16.0 Å². The highest BCUT2D eigenvalue weighted by atomic mass is 32.1. The van der Waals surface area contributed by atoms with Crippen LogP contribution < -0.4 is 27.4 Å². The Morgan fingerprint density at radius 3 is 1.94 bits per heavy atom. The van der Waals surface area contributed by atoms with Gasteiger partial charge in [-0.15, -0.1) is 0 Å². The van der Waals surface area contributed by atoms with E-state index >= 15 is 0 Å². The SMILES string of the molecule is CCC(C)C(NC(=O)C(CCC(N)=O)NC(=O)C(N)C(C)O)C(=O)NC(CS)C(=O)O. The van der Waals surface area contributed by atoms with Crippen molar-refractivity contribution < 1.29 is 34.2 Å². The maximum atomic E-state index is 12.8. The van der Waals surface area contributed by atoms with Crippen molar-refractivity contribution in [2.24, 2.45) is 17.4 Å². The molecule has 12 nitrogen and oxygen atoms in total. The second kappa shape index (κ2) is 13.8. The van der Waals surface area contributed by atoms with Crippen molar-refractivity contribution >= 4 is 42.2 Å². The van der Waals surface area contributed by atoms with Gasteiger partial charge in [-0.2, -0.15) is 12.6 Å². The van der Waals surface area contributed by atoms with Crippen LogP contribution in [0, 0.1) is 5.92 Å². The van der Waals surface area contributed by atoms with Crippen molar-refractivity contribution in [3.63, 3.8) is 0 Å². The fraction of sp³-hybridized carbons (Fsp3) is 0.722. The lowest BCUT2D eigenvalue weighted by Gasteiger charge is -2.28. The number of carboxylic acid groups (broad SMARTS) is 1. The monoisotopic (exact) mass is 463 g/mol. The maximum absolute atomic E-state index is 12.8. The highest BCUT2D eigenvalue weighted by molar-refractivity contribution is 7.80. The zero-order valence-electron chi connectivity index (χ0n) is 17.8. The molecular weight excluding hydrogens is 430 g/mol. The summed E-state index contributed by atoms with van der Waals surface area (Å²) in [7, 11) is 0. The third kappa shape index (κ3) is 9.98. The molecule has 9 N–H and O–H groups in total. The molecule has 31 heavy (non-hydrogen) atoms. The number of aliphatic carboxylic acids is 1. The fourth-order valence-electron chi connectivity index (χ4n) is 2.45. The van der Waals surface area contributed by atoms with Crippen LogP contribution in [0.25, 0.3) is 0 Å². The highest BCUT2D eigenvalue weighted by Gasteiger charge is 2.33. The molecule has 0 aliphatic carbocycles. The molecule has 0 aliphatic rings. The lowest BCUT2D eigenvalue weighted by atomic mass is 9.97. The third-order valence-electron chi connectivity index (χ3n) is 4.73. The van der Waals surface area contributed by atoms with Crippen LogP contribution in [0.5, 0.6) is 0 Å². The van der Waals surface area contributed by atoms with E-state index in [4.69, 9.17) is 16.6 Å². The van der Waals surface area contributed by atoms with Crippen LogP contribution in [0.15, 0.2) is 0 Å². The number of aliphatic hydroxyl groups is 1. The van der Waals surface area contributed by atoms with Crippen molar-refractivity contribution in [1.29, 1.82) is 0 Å². The fourth-order valence-corrected chi connectivity index (χ4v) is 2.69. The Morgan fingerprint density at radius 1 is 0.968 bits per heavy atom. The molecule has 13 heteroatoms. The number of primary amides is 1. The number of rotatable bonds is 14. The molecule has 0 aromatic heterocycles. The number of carboxylic acids is 1. The molecule has 6 atom stereocenters. The summed E-state index contributed by atoms with van der Waals surface area (Å²) in [5, 5.41) is 25.7. The summed E-state index contributed by atoms with van der Waals surface area (Å²) in [6, 6.07) is -4.94. The molecule has 0 bridgehead atoms. The van der Waals surface area contributed by atoms with Gasteiger partial charge in [-0.1, -0.05) is 20.3 Å². The largest absolute Gasteiger partial charge is 0.480 e. The quantitative estimate of drug-likeness (QED) is 0.128. The minimum atomic E-state index is -1.32. The van der Waals surface area contributed by atoms with Crippen LogP contribution in [0.1, 0.15) is 40.0 Å². The first-order chi connectivity index (χ1) is 14.3. The van der Waals surface area contributed by atoms with Gasteiger partial charge in [0.2, 0.25) is 23.6 Å². The van der Waals surface area contributed by atoms with E-state index in [9.17, 15) is 29.1 Å². The topological polar surface area (TPSA) is 214 Å². The normalized spacial score (nSPS) is 16.7. The van der Waals surface area contributed by atoms with Crippen LogP contribution in [0.4, 0.5) is 0 Å². The van der Waals surface area contributed by atoms with Gasteiger partial charge in [0.25, 0.3) is 0 Å². The van der Waals surface area contributed by atoms with Crippen molar-refractivity contribution in [3.05, 3.63) is 0 Å². The van der Waals surface area contributed by atoms with Crippen LogP contribution in [0.2, 0.25) is 0 Å². The van der Waals surface area contributed by atoms with Gasteiger partial charge in [-0.05, 0) is 19.3 Å². The van der Waals surface area contributed by atoms with Gasteiger partial charge in [0, 0.05) is 12.2 Å². The van der Waals surface area contributed by atoms with Crippen molar-refractivity contribution in [2.45, 2.75) is 70.3 Å². The molecule has 178 valence electrons. The van der Waals surface area contributed by atoms with Gasteiger partial charge in [0.05, 0.1) is 6.10 Å². The summed E-state index contributed by atoms with van der Waals surface area (Å²) < 4.78 is 0. The number of amides is 4. The van der Waals surface area contributed by atoms with Crippen LogP contribution in [-0.2, 0) is 24.0 Å². The molecule has 0 aromatic carbocycles. The van der Waals surface area contributed by atoms with E-state index in [0.29, 0.717) is 6.42 Å². The predicted octanol–water partition coefficient (Wildman–Crippen LogP) is -2.53. The number of hydrogen-bond donors (Lipinski definition) is 8. The second-order valence-corrected chi connectivity index (χ2v) is 7.65. The molecule has 0 heterocycles. The summed E-state index contributed by atoms with van der Waals surface area (Å²) in [4.78, 5) is 59.9. The van der Waals surface area contributed by atoms with E-state index in [1.807, 2.05) is 0 Å². The molecule has 4 amide bonds. The molecule has 0 aromatic rings. The molecule has 0 saturated heterocycles. The van der Waals surface area contributed by atoms with Crippen LogP contribution in [0.3, 0.4) is 0 Å². The zero-order valence-corrected chi connectivity index (χ0v) is 18.7. The van der Waals surface area contributed by atoms with E-state index in [1.54, 1.807) is 13.8 Å². The Hall–Kier alpha value is -2.38. The molecule has 6 unspecified atom stereocenters. The van der Waals surface area contributed by atoms with Gasteiger partial charge in [0.15, 0.2) is 0 Å². The maximum Gasteiger partial charge on any atom is 0.327 e. The first kappa shape index (κ1) is 28.6. The van der Waals surface area contributed by atoms with Crippen LogP contribution >= 0.6 is 12.6 Å².